The molecule has 3 nitrogen and oxygen atoms in total. The van der Waals surface area contributed by atoms with Crippen molar-refractivity contribution in [2.45, 2.75) is 52.1 Å². The van der Waals surface area contributed by atoms with Crippen molar-refractivity contribution >= 4 is 17.2 Å². The van der Waals surface area contributed by atoms with Gasteiger partial charge < -0.3 is 4.90 Å². The van der Waals surface area contributed by atoms with Crippen LogP contribution in [0.2, 0.25) is 0 Å². The molecule has 1 aromatic rings. The van der Waals surface area contributed by atoms with E-state index in [1.165, 1.54) is 23.3 Å². The number of fused-ring (bicyclic) bond motifs is 1. The molecule has 2 rings (SSSR count). The number of carbonyl (C=O) groups excluding carboxylic acids is 1. The van der Waals surface area contributed by atoms with Gasteiger partial charge in [0.05, 0.1) is 6.04 Å². The largest absolute Gasteiger partial charge is 0.342 e. The van der Waals surface area contributed by atoms with Crippen LogP contribution >= 0.6 is 11.3 Å². The molecule has 0 aliphatic heterocycles. The van der Waals surface area contributed by atoms with Crippen molar-refractivity contribution in [2.75, 3.05) is 13.1 Å². The van der Waals surface area contributed by atoms with Crippen molar-refractivity contribution in [3.63, 3.8) is 0 Å². The van der Waals surface area contributed by atoms with Crippen LogP contribution in [0.5, 0.6) is 0 Å². The zero-order valence-electron chi connectivity index (χ0n) is 12.1. The number of hydrogen-bond donors (Lipinski definition) is 1. The summed E-state index contributed by atoms with van der Waals surface area (Å²) in [4.78, 5) is 15.7. The van der Waals surface area contributed by atoms with Gasteiger partial charge in [0.15, 0.2) is 0 Å². The SMILES string of the molecule is CCN(CC)C(=O)C(C)NC1CCCc2sccc21. The van der Waals surface area contributed by atoms with Gasteiger partial charge in [0, 0.05) is 24.0 Å². The van der Waals surface area contributed by atoms with Gasteiger partial charge in [-0.15, -0.1) is 11.3 Å². The minimum Gasteiger partial charge on any atom is -0.342 e. The van der Waals surface area contributed by atoms with E-state index in [0.717, 1.165) is 19.5 Å². The van der Waals surface area contributed by atoms with E-state index in [4.69, 9.17) is 0 Å². The smallest absolute Gasteiger partial charge is 0.239 e. The van der Waals surface area contributed by atoms with Crippen LogP contribution in [0.25, 0.3) is 0 Å². The van der Waals surface area contributed by atoms with Gasteiger partial charge in [-0.25, -0.2) is 0 Å². The average molecular weight is 280 g/mol. The van der Waals surface area contributed by atoms with Crippen molar-refractivity contribution in [3.05, 3.63) is 21.9 Å². The molecule has 0 radical (unpaired) electrons. The predicted molar refractivity (Wildman–Crippen MR) is 80.5 cm³/mol. The number of rotatable bonds is 5. The lowest BCUT2D eigenvalue weighted by atomic mass is 9.93. The molecule has 2 unspecified atom stereocenters. The molecule has 1 amide bonds. The molecule has 1 N–H and O–H groups in total. The van der Waals surface area contributed by atoms with Crippen molar-refractivity contribution in [1.82, 2.24) is 10.2 Å². The lowest BCUT2D eigenvalue weighted by Gasteiger charge is -2.29. The fourth-order valence-electron chi connectivity index (χ4n) is 2.84. The quantitative estimate of drug-likeness (QED) is 0.899. The lowest BCUT2D eigenvalue weighted by molar-refractivity contribution is -0.132. The van der Waals surface area contributed by atoms with E-state index in [2.05, 4.69) is 16.8 Å². The standard InChI is InChI=1S/C15H24N2OS/c1-4-17(5-2)15(18)11(3)16-13-7-6-8-14-12(13)9-10-19-14/h9-11,13,16H,4-8H2,1-3H3. The summed E-state index contributed by atoms with van der Waals surface area (Å²) in [6.45, 7) is 7.63. The fraction of sp³-hybridized carbons (Fsp3) is 0.667. The molecule has 1 aliphatic carbocycles. The minimum atomic E-state index is -0.101. The fourth-order valence-corrected chi connectivity index (χ4v) is 3.83. The number of carbonyl (C=O) groups is 1. The Morgan fingerprint density at radius 2 is 2.26 bits per heavy atom. The molecule has 19 heavy (non-hydrogen) atoms. The zero-order valence-corrected chi connectivity index (χ0v) is 12.9. The molecule has 1 heterocycles. The molecule has 0 fully saturated rings. The Balaban J connectivity index is 2.01. The molecule has 0 spiro atoms. The first kappa shape index (κ1) is 14.5. The number of hydrogen-bond acceptors (Lipinski definition) is 3. The minimum absolute atomic E-state index is 0.101. The maximum absolute atomic E-state index is 12.3. The van der Waals surface area contributed by atoms with Gasteiger partial charge in [0.2, 0.25) is 5.91 Å². The summed E-state index contributed by atoms with van der Waals surface area (Å²) in [6, 6.07) is 2.46. The summed E-state index contributed by atoms with van der Waals surface area (Å²) in [7, 11) is 0. The monoisotopic (exact) mass is 280 g/mol. The van der Waals surface area contributed by atoms with E-state index in [1.807, 2.05) is 37.0 Å². The van der Waals surface area contributed by atoms with Crippen molar-refractivity contribution in [2.24, 2.45) is 0 Å². The highest BCUT2D eigenvalue weighted by atomic mass is 32.1. The molecule has 0 saturated heterocycles. The van der Waals surface area contributed by atoms with Crippen molar-refractivity contribution in [1.29, 1.82) is 0 Å². The van der Waals surface area contributed by atoms with Crippen molar-refractivity contribution in [3.8, 4) is 0 Å². The van der Waals surface area contributed by atoms with Crippen LogP contribution in [0.15, 0.2) is 11.4 Å². The second kappa shape index (κ2) is 6.53. The highest BCUT2D eigenvalue weighted by molar-refractivity contribution is 7.10. The highest BCUT2D eigenvalue weighted by Crippen LogP contribution is 2.33. The predicted octanol–water partition coefficient (Wildman–Crippen LogP) is 2.97. The van der Waals surface area contributed by atoms with Gasteiger partial charge in [-0.3, -0.25) is 10.1 Å². The third kappa shape index (κ3) is 3.18. The molecule has 1 aliphatic rings. The third-order valence-corrected chi connectivity index (χ3v) is 4.95. The molecule has 2 atom stereocenters. The zero-order chi connectivity index (χ0) is 13.8. The lowest BCUT2D eigenvalue weighted by Crippen LogP contribution is -2.46. The summed E-state index contributed by atoms with van der Waals surface area (Å²) in [5, 5.41) is 5.69. The van der Waals surface area contributed by atoms with Gasteiger partial charge in [0.1, 0.15) is 0 Å². The van der Waals surface area contributed by atoms with E-state index < -0.39 is 0 Å². The second-order valence-corrected chi connectivity index (χ2v) is 6.14. The Kier molecular flexibility index (Phi) is 4.99. The molecule has 0 saturated carbocycles. The van der Waals surface area contributed by atoms with Gasteiger partial charge in [-0.05, 0) is 57.0 Å². The third-order valence-electron chi connectivity index (χ3n) is 3.95. The Labute approximate surface area is 120 Å². The Hall–Kier alpha value is -0.870. The van der Waals surface area contributed by atoms with Crippen molar-refractivity contribution < 1.29 is 4.79 Å². The average Bonchev–Trinajstić information content (AvgIpc) is 2.89. The van der Waals surface area contributed by atoms with E-state index >= 15 is 0 Å². The van der Waals surface area contributed by atoms with Crippen LogP contribution in [0, 0.1) is 0 Å². The molecular weight excluding hydrogens is 256 g/mol. The van der Waals surface area contributed by atoms with Gasteiger partial charge >= 0.3 is 0 Å². The summed E-state index contributed by atoms with van der Waals surface area (Å²) in [5.74, 6) is 0.215. The summed E-state index contributed by atoms with van der Waals surface area (Å²) in [6.07, 6.45) is 3.56. The van der Waals surface area contributed by atoms with E-state index in [1.54, 1.807) is 0 Å². The van der Waals surface area contributed by atoms with Gasteiger partial charge in [-0.1, -0.05) is 0 Å². The number of nitrogens with one attached hydrogen (secondary N) is 1. The number of nitrogens with zero attached hydrogens (tertiary/aromatic N) is 1. The number of likely N-dealkylation sites (N-methyl/N-ethyl adjacent to an activating group) is 1. The van der Waals surface area contributed by atoms with E-state index in [9.17, 15) is 4.79 Å². The van der Waals surface area contributed by atoms with E-state index in [-0.39, 0.29) is 11.9 Å². The first-order chi connectivity index (χ1) is 9.17. The summed E-state index contributed by atoms with van der Waals surface area (Å²) < 4.78 is 0. The molecule has 0 bridgehead atoms. The second-order valence-electron chi connectivity index (χ2n) is 5.14. The maximum Gasteiger partial charge on any atom is 0.239 e. The normalized spacial score (nSPS) is 19.8. The topological polar surface area (TPSA) is 32.3 Å². The Morgan fingerprint density at radius 1 is 1.53 bits per heavy atom. The molecule has 4 heteroatoms. The summed E-state index contributed by atoms with van der Waals surface area (Å²) >= 11 is 1.84. The van der Waals surface area contributed by atoms with E-state index in [0.29, 0.717) is 6.04 Å². The van der Waals surface area contributed by atoms with Gasteiger partial charge in [0.25, 0.3) is 0 Å². The molecule has 0 aromatic carbocycles. The molecular formula is C15H24N2OS. The molecule has 1 aromatic heterocycles. The molecule has 106 valence electrons. The maximum atomic E-state index is 12.3. The number of aryl methyl sites for hydroxylation is 1. The van der Waals surface area contributed by atoms with Crippen LogP contribution in [0.3, 0.4) is 0 Å². The highest BCUT2D eigenvalue weighted by Gasteiger charge is 2.26. The van der Waals surface area contributed by atoms with Crippen LogP contribution in [-0.4, -0.2) is 29.9 Å². The van der Waals surface area contributed by atoms with Crippen LogP contribution in [0.1, 0.15) is 50.1 Å². The first-order valence-corrected chi connectivity index (χ1v) is 8.16. The van der Waals surface area contributed by atoms with Crippen LogP contribution in [0.4, 0.5) is 0 Å². The number of amides is 1. The summed E-state index contributed by atoms with van der Waals surface area (Å²) in [5.41, 5.74) is 1.41. The Morgan fingerprint density at radius 3 is 2.95 bits per heavy atom. The number of thiophene rings is 1. The van der Waals surface area contributed by atoms with Gasteiger partial charge in [-0.2, -0.15) is 0 Å². The van der Waals surface area contributed by atoms with Crippen LogP contribution in [-0.2, 0) is 11.2 Å². The Bertz CT molecular complexity index is 426. The van der Waals surface area contributed by atoms with Crippen LogP contribution < -0.4 is 5.32 Å². The first-order valence-electron chi connectivity index (χ1n) is 7.28.